The molecule has 0 unspecified atom stereocenters. The van der Waals surface area contributed by atoms with Crippen LogP contribution in [0.4, 0.5) is 0 Å². The van der Waals surface area contributed by atoms with Gasteiger partial charge in [0.1, 0.15) is 11.3 Å². The first kappa shape index (κ1) is 20.6. The highest BCUT2D eigenvalue weighted by atomic mass is 16.3. The molecule has 0 aliphatic carbocycles. The second-order valence-electron chi connectivity index (χ2n) is 8.87. The second-order valence-corrected chi connectivity index (χ2v) is 8.87. The number of carbonyl (C=O) groups is 2. The average Bonchev–Trinajstić information content (AvgIpc) is 3.28. The number of aryl methyl sites for hydroxylation is 1. The van der Waals surface area contributed by atoms with Gasteiger partial charge in [0, 0.05) is 30.6 Å². The minimum atomic E-state index is -0.256. The summed E-state index contributed by atoms with van der Waals surface area (Å²) in [4.78, 5) is 28.9. The number of hydrogen-bond donors (Lipinski definition) is 2. The van der Waals surface area contributed by atoms with Crippen molar-refractivity contribution in [2.75, 3.05) is 20.1 Å². The van der Waals surface area contributed by atoms with Crippen molar-refractivity contribution in [3.63, 3.8) is 0 Å². The number of likely N-dealkylation sites (N-methyl/N-ethyl adjacent to an activating group) is 1. The van der Waals surface area contributed by atoms with Crippen LogP contribution in [0.25, 0.3) is 11.0 Å². The third-order valence-electron chi connectivity index (χ3n) is 6.89. The minimum absolute atomic E-state index is 0.0192. The molecule has 32 heavy (non-hydrogen) atoms. The van der Waals surface area contributed by atoms with E-state index in [1.54, 1.807) is 18.0 Å². The molecule has 1 spiro atoms. The number of fused-ring (bicyclic) bond motifs is 1. The van der Waals surface area contributed by atoms with Gasteiger partial charge in [-0.25, -0.2) is 0 Å². The molecule has 2 aromatic rings. The van der Waals surface area contributed by atoms with Gasteiger partial charge in [0.2, 0.25) is 11.8 Å². The molecular weight excluding hydrogens is 404 g/mol. The van der Waals surface area contributed by atoms with Gasteiger partial charge in [-0.2, -0.15) is 0 Å². The fraction of sp³-hybridized carbons (Fsp3) is 0.360. The zero-order valence-corrected chi connectivity index (χ0v) is 18.5. The van der Waals surface area contributed by atoms with Gasteiger partial charge in [-0.1, -0.05) is 24.3 Å². The van der Waals surface area contributed by atoms with Crippen LogP contribution in [0.5, 0.6) is 0 Å². The topological polar surface area (TPSA) is 77.8 Å². The van der Waals surface area contributed by atoms with E-state index < -0.39 is 0 Å². The summed E-state index contributed by atoms with van der Waals surface area (Å²) in [6.07, 6.45) is 10.1. The van der Waals surface area contributed by atoms with Gasteiger partial charge in [0.15, 0.2) is 0 Å². The molecule has 3 aliphatic rings. The van der Waals surface area contributed by atoms with Crippen molar-refractivity contribution in [3.05, 3.63) is 71.2 Å². The number of furan rings is 1. The van der Waals surface area contributed by atoms with Crippen LogP contribution in [-0.4, -0.2) is 47.3 Å². The molecule has 0 bridgehead atoms. The molecule has 0 saturated carbocycles. The number of benzene rings is 1. The van der Waals surface area contributed by atoms with Crippen molar-refractivity contribution in [3.8, 4) is 0 Å². The number of rotatable bonds is 4. The fourth-order valence-electron chi connectivity index (χ4n) is 5.06. The van der Waals surface area contributed by atoms with Crippen LogP contribution in [0.3, 0.4) is 0 Å². The average molecular weight is 433 g/mol. The quantitative estimate of drug-likeness (QED) is 0.727. The highest BCUT2D eigenvalue weighted by Crippen LogP contribution is 2.40. The number of hydrogen-bond acceptors (Lipinski definition) is 5. The lowest BCUT2D eigenvalue weighted by Crippen LogP contribution is -2.59. The van der Waals surface area contributed by atoms with Crippen LogP contribution in [0.2, 0.25) is 0 Å². The normalized spacial score (nSPS) is 23.1. The summed E-state index contributed by atoms with van der Waals surface area (Å²) in [7, 11) is 1.78. The number of allylic oxidation sites excluding steroid dienone is 3. The zero-order chi connectivity index (χ0) is 22.3. The Morgan fingerprint density at radius 1 is 1.31 bits per heavy atom. The van der Waals surface area contributed by atoms with E-state index in [4.69, 9.17) is 4.42 Å². The molecule has 1 atom stereocenters. The lowest BCUT2D eigenvalue weighted by molar-refractivity contribution is -0.126. The molecule has 0 radical (unpaired) electrons. The van der Waals surface area contributed by atoms with Crippen LogP contribution >= 0.6 is 0 Å². The SMILES string of the molecule is Cc1c(CN(C)C(=O)/C=C/C2=CCN3CCC[C@]34CC(=O)NNC4=C2)oc2ccccc12. The molecule has 2 amide bonds. The van der Waals surface area contributed by atoms with E-state index in [1.165, 1.54) is 0 Å². The Morgan fingerprint density at radius 3 is 3.00 bits per heavy atom. The molecule has 7 nitrogen and oxygen atoms in total. The van der Waals surface area contributed by atoms with E-state index in [2.05, 4.69) is 27.9 Å². The predicted octanol–water partition coefficient (Wildman–Crippen LogP) is 2.94. The van der Waals surface area contributed by atoms with E-state index in [0.717, 1.165) is 59.5 Å². The highest BCUT2D eigenvalue weighted by molar-refractivity contribution is 5.88. The molecule has 1 aromatic heterocycles. The van der Waals surface area contributed by atoms with Gasteiger partial charge in [-0.3, -0.25) is 19.9 Å². The van der Waals surface area contributed by atoms with E-state index in [-0.39, 0.29) is 17.4 Å². The molecule has 7 heteroatoms. The Balaban J connectivity index is 1.31. The minimum Gasteiger partial charge on any atom is -0.459 e. The van der Waals surface area contributed by atoms with Gasteiger partial charge in [0.05, 0.1) is 24.2 Å². The summed E-state index contributed by atoms with van der Waals surface area (Å²) < 4.78 is 5.95. The molecular formula is C25H28N4O3. The molecule has 5 rings (SSSR count). The van der Waals surface area contributed by atoms with Crippen LogP contribution < -0.4 is 10.9 Å². The monoisotopic (exact) mass is 432 g/mol. The number of nitrogens with one attached hydrogen (secondary N) is 2. The van der Waals surface area contributed by atoms with Crippen molar-refractivity contribution in [1.82, 2.24) is 20.7 Å². The maximum Gasteiger partial charge on any atom is 0.246 e. The zero-order valence-electron chi connectivity index (χ0n) is 18.5. The number of carbonyl (C=O) groups excluding carboxylic acids is 2. The maximum atomic E-state index is 12.8. The molecule has 2 saturated heterocycles. The van der Waals surface area contributed by atoms with Crippen LogP contribution in [0.1, 0.15) is 30.6 Å². The maximum absolute atomic E-state index is 12.8. The largest absolute Gasteiger partial charge is 0.459 e. The second kappa shape index (κ2) is 7.98. The van der Waals surface area contributed by atoms with Crippen molar-refractivity contribution in [2.45, 2.75) is 38.3 Å². The summed E-state index contributed by atoms with van der Waals surface area (Å²) in [6, 6.07) is 7.91. The van der Waals surface area contributed by atoms with Crippen LogP contribution in [0, 0.1) is 6.92 Å². The Labute approximate surface area is 187 Å². The molecule has 166 valence electrons. The standard InChI is InChI=1S/C25H28N4O3/c1-17-19-6-3-4-7-20(19)32-21(17)16-28(2)24(31)9-8-18-10-13-29-12-5-11-25(29)15-23(30)27-26-22(25)14-18/h3-4,6-10,14,26H,5,11-13,15-16H2,1-2H3,(H,27,30)/b9-8+/t25-/m1/s1. The van der Waals surface area contributed by atoms with Crippen molar-refractivity contribution >= 4 is 22.8 Å². The summed E-state index contributed by atoms with van der Waals surface area (Å²) in [5.41, 5.74) is 9.46. The Morgan fingerprint density at radius 2 is 2.16 bits per heavy atom. The first-order chi connectivity index (χ1) is 15.5. The Bertz CT molecular complexity index is 1180. The molecule has 3 aliphatic heterocycles. The van der Waals surface area contributed by atoms with E-state index in [0.29, 0.717) is 13.0 Å². The third kappa shape index (κ3) is 3.52. The number of hydrazine groups is 1. The fourth-order valence-corrected chi connectivity index (χ4v) is 5.06. The smallest absolute Gasteiger partial charge is 0.246 e. The predicted molar refractivity (Wildman–Crippen MR) is 122 cm³/mol. The number of para-hydroxylation sites is 1. The Kier molecular flexibility index (Phi) is 5.13. The number of nitrogens with zero attached hydrogens (tertiary/aromatic N) is 2. The number of amides is 2. The van der Waals surface area contributed by atoms with Crippen molar-refractivity contribution < 1.29 is 14.0 Å². The van der Waals surface area contributed by atoms with Crippen molar-refractivity contribution in [1.29, 1.82) is 0 Å². The lowest BCUT2D eigenvalue weighted by Gasteiger charge is -2.42. The summed E-state index contributed by atoms with van der Waals surface area (Å²) in [6.45, 7) is 4.17. The molecule has 2 N–H and O–H groups in total. The summed E-state index contributed by atoms with van der Waals surface area (Å²) in [5.74, 6) is 0.732. The lowest BCUT2D eigenvalue weighted by atomic mass is 9.86. The first-order valence-electron chi connectivity index (χ1n) is 11.1. The van der Waals surface area contributed by atoms with Gasteiger partial charge < -0.3 is 14.7 Å². The first-order valence-corrected chi connectivity index (χ1v) is 11.1. The van der Waals surface area contributed by atoms with Gasteiger partial charge in [-0.05, 0) is 50.1 Å². The van der Waals surface area contributed by atoms with Crippen LogP contribution in [0.15, 0.2) is 64.3 Å². The van der Waals surface area contributed by atoms with Crippen LogP contribution in [-0.2, 0) is 16.1 Å². The van der Waals surface area contributed by atoms with E-state index >= 15 is 0 Å². The third-order valence-corrected chi connectivity index (χ3v) is 6.89. The van der Waals surface area contributed by atoms with E-state index in [1.807, 2.05) is 37.3 Å². The van der Waals surface area contributed by atoms with Gasteiger partial charge in [0.25, 0.3) is 0 Å². The van der Waals surface area contributed by atoms with E-state index in [9.17, 15) is 9.59 Å². The van der Waals surface area contributed by atoms with Gasteiger partial charge in [-0.15, -0.1) is 0 Å². The van der Waals surface area contributed by atoms with Gasteiger partial charge >= 0.3 is 0 Å². The van der Waals surface area contributed by atoms with Crippen molar-refractivity contribution in [2.24, 2.45) is 0 Å². The summed E-state index contributed by atoms with van der Waals surface area (Å²) >= 11 is 0. The Hall–Kier alpha value is -3.32. The highest BCUT2D eigenvalue weighted by Gasteiger charge is 2.48. The molecule has 2 fully saturated rings. The summed E-state index contributed by atoms with van der Waals surface area (Å²) in [5, 5.41) is 1.08. The molecule has 4 heterocycles. The molecule has 1 aromatic carbocycles.